The number of aliphatic hydroxyl groups is 2. The summed E-state index contributed by atoms with van der Waals surface area (Å²) in [6, 6.07) is 0.0746. The zero-order valence-electron chi connectivity index (χ0n) is 9.58. The molecule has 10 heteroatoms. The molecule has 0 bridgehead atoms. The largest absolute Gasteiger partial charge is 0.394 e. The predicted octanol–water partition coefficient (Wildman–Crippen LogP) is -1.53. The van der Waals surface area contributed by atoms with Crippen LogP contribution in [0.15, 0.2) is 27.0 Å². The quantitative estimate of drug-likeness (QED) is 0.345. The molecule has 0 unspecified atom stereocenters. The molecular weight excluding hydrogens is 258 g/mol. The second kappa shape index (κ2) is 5.24. The standard InChI is InChI=1S/C9H11N5O5/c10-13-12-6-4(3-15)19-8(7(6)17)14-2-1-5(16)11-9(14)18/h1-2,4,6-8,15,17H,3H2,(H,11,16,18)/t4-,6-,7+,8-/m1/s1. The lowest BCUT2D eigenvalue weighted by atomic mass is 10.1. The minimum Gasteiger partial charge on any atom is -0.394 e. The molecule has 0 saturated carbocycles. The number of ether oxygens (including phenoxy) is 1. The molecule has 0 radical (unpaired) electrons. The summed E-state index contributed by atoms with van der Waals surface area (Å²) >= 11 is 0. The van der Waals surface area contributed by atoms with Gasteiger partial charge in [0, 0.05) is 17.2 Å². The van der Waals surface area contributed by atoms with Crippen LogP contribution in [0.4, 0.5) is 0 Å². The number of azide groups is 1. The first kappa shape index (κ1) is 13.3. The Balaban J connectivity index is 2.38. The highest BCUT2D eigenvalue weighted by Crippen LogP contribution is 2.30. The number of nitrogens with zero attached hydrogens (tertiary/aromatic N) is 4. The lowest BCUT2D eigenvalue weighted by Crippen LogP contribution is -2.37. The number of nitrogens with one attached hydrogen (secondary N) is 1. The van der Waals surface area contributed by atoms with E-state index in [1.54, 1.807) is 0 Å². The Morgan fingerprint density at radius 1 is 1.58 bits per heavy atom. The summed E-state index contributed by atoms with van der Waals surface area (Å²) in [5.41, 5.74) is 7.05. The lowest BCUT2D eigenvalue weighted by molar-refractivity contribution is -0.0532. The van der Waals surface area contributed by atoms with Crippen molar-refractivity contribution >= 4 is 0 Å². The minimum absolute atomic E-state index is 0.477. The number of aromatic nitrogens is 2. The Kier molecular flexibility index (Phi) is 3.67. The van der Waals surface area contributed by atoms with Gasteiger partial charge in [-0.3, -0.25) is 14.3 Å². The van der Waals surface area contributed by atoms with E-state index in [1.165, 1.54) is 0 Å². The van der Waals surface area contributed by atoms with Crippen molar-refractivity contribution < 1.29 is 14.9 Å². The minimum atomic E-state index is -1.31. The Labute approximate surface area is 105 Å². The Morgan fingerprint density at radius 3 is 2.89 bits per heavy atom. The molecule has 1 aliphatic rings. The van der Waals surface area contributed by atoms with Crippen molar-refractivity contribution in [3.8, 4) is 0 Å². The van der Waals surface area contributed by atoms with Gasteiger partial charge in [-0.05, 0) is 5.53 Å². The Hall–Kier alpha value is -2.13. The van der Waals surface area contributed by atoms with Gasteiger partial charge >= 0.3 is 5.69 Å². The number of hydrogen-bond donors (Lipinski definition) is 3. The SMILES string of the molecule is [N-]=[N+]=N[C@H]1[C@H](O)[C@H](n2ccc(=O)[nH]c2=O)O[C@@H]1CO. The van der Waals surface area contributed by atoms with Gasteiger partial charge in [0.2, 0.25) is 0 Å². The number of rotatable bonds is 3. The molecule has 10 nitrogen and oxygen atoms in total. The molecule has 3 N–H and O–H groups in total. The van der Waals surface area contributed by atoms with Crippen LogP contribution in [0.25, 0.3) is 10.4 Å². The van der Waals surface area contributed by atoms with Crippen LogP contribution < -0.4 is 11.2 Å². The first-order valence-electron chi connectivity index (χ1n) is 5.38. The second-order valence-electron chi connectivity index (χ2n) is 3.95. The van der Waals surface area contributed by atoms with Crippen LogP contribution in [0.1, 0.15) is 6.23 Å². The van der Waals surface area contributed by atoms with Gasteiger partial charge in [0.1, 0.15) is 6.10 Å². The van der Waals surface area contributed by atoms with Crippen LogP contribution in [0, 0.1) is 0 Å². The highest BCUT2D eigenvalue weighted by atomic mass is 16.5. The number of aromatic amines is 1. The maximum Gasteiger partial charge on any atom is 0.330 e. The lowest BCUT2D eigenvalue weighted by Gasteiger charge is -2.16. The van der Waals surface area contributed by atoms with E-state index in [0.717, 1.165) is 16.8 Å². The van der Waals surface area contributed by atoms with E-state index in [2.05, 4.69) is 10.0 Å². The highest BCUT2D eigenvalue weighted by molar-refractivity contribution is 4.96. The normalized spacial score (nSPS) is 30.0. The smallest absolute Gasteiger partial charge is 0.330 e. The fraction of sp³-hybridized carbons (Fsp3) is 0.556. The third-order valence-electron chi connectivity index (χ3n) is 2.83. The summed E-state index contributed by atoms with van der Waals surface area (Å²) < 4.78 is 6.23. The summed E-state index contributed by atoms with van der Waals surface area (Å²) in [5.74, 6) is 0. The summed E-state index contributed by atoms with van der Waals surface area (Å²) in [5, 5.41) is 22.4. The molecule has 1 fully saturated rings. The van der Waals surface area contributed by atoms with Crippen LogP contribution in [0.3, 0.4) is 0 Å². The molecule has 0 spiro atoms. The van der Waals surface area contributed by atoms with Gasteiger partial charge < -0.3 is 14.9 Å². The zero-order valence-corrected chi connectivity index (χ0v) is 9.58. The van der Waals surface area contributed by atoms with Crippen LogP contribution in [-0.2, 0) is 4.74 Å². The molecular formula is C9H11N5O5. The third-order valence-corrected chi connectivity index (χ3v) is 2.83. The van der Waals surface area contributed by atoms with E-state index in [0.29, 0.717) is 0 Å². The van der Waals surface area contributed by atoms with Crippen molar-refractivity contribution in [2.75, 3.05) is 6.61 Å². The first-order chi connectivity index (χ1) is 9.08. The number of H-pyrrole nitrogens is 1. The molecule has 19 heavy (non-hydrogen) atoms. The van der Waals surface area contributed by atoms with E-state index in [4.69, 9.17) is 15.4 Å². The van der Waals surface area contributed by atoms with E-state index in [9.17, 15) is 14.7 Å². The summed E-state index contributed by atoms with van der Waals surface area (Å²) in [4.78, 5) is 27.1. The van der Waals surface area contributed by atoms with Crippen molar-refractivity contribution in [3.63, 3.8) is 0 Å². The average molecular weight is 269 g/mol. The fourth-order valence-electron chi connectivity index (χ4n) is 1.94. The third kappa shape index (κ3) is 2.37. The zero-order chi connectivity index (χ0) is 14.0. The molecule has 0 aliphatic carbocycles. The molecule has 102 valence electrons. The van der Waals surface area contributed by atoms with Crippen LogP contribution in [-0.4, -0.2) is 44.6 Å². The van der Waals surface area contributed by atoms with Gasteiger partial charge in [0.05, 0.1) is 18.8 Å². The van der Waals surface area contributed by atoms with E-state index >= 15 is 0 Å². The molecule has 1 aliphatic heterocycles. The summed E-state index contributed by atoms with van der Waals surface area (Å²) in [7, 11) is 0. The maximum atomic E-state index is 11.6. The topological polar surface area (TPSA) is 153 Å². The summed E-state index contributed by atoms with van der Waals surface area (Å²) in [6.07, 6.45) is -2.22. The average Bonchev–Trinajstić information content (AvgIpc) is 2.68. The summed E-state index contributed by atoms with van der Waals surface area (Å²) in [6.45, 7) is -0.477. The van der Waals surface area contributed by atoms with Crippen molar-refractivity contribution in [2.24, 2.45) is 5.11 Å². The van der Waals surface area contributed by atoms with Gasteiger partial charge in [0.25, 0.3) is 5.56 Å². The van der Waals surface area contributed by atoms with Crippen molar-refractivity contribution in [3.05, 3.63) is 43.5 Å². The Morgan fingerprint density at radius 2 is 2.32 bits per heavy atom. The van der Waals surface area contributed by atoms with E-state index in [-0.39, 0.29) is 0 Å². The van der Waals surface area contributed by atoms with Crippen LogP contribution in [0.5, 0.6) is 0 Å². The Bertz CT molecular complexity index is 618. The molecule has 2 rings (SSSR count). The van der Waals surface area contributed by atoms with Crippen LogP contribution >= 0.6 is 0 Å². The van der Waals surface area contributed by atoms with Gasteiger partial charge in [-0.2, -0.15) is 0 Å². The number of aliphatic hydroxyl groups excluding tert-OH is 2. The highest BCUT2D eigenvalue weighted by Gasteiger charge is 2.44. The van der Waals surface area contributed by atoms with E-state index in [1.807, 2.05) is 4.98 Å². The molecule has 4 atom stereocenters. The molecule has 1 saturated heterocycles. The molecule has 0 aromatic carbocycles. The fourth-order valence-corrected chi connectivity index (χ4v) is 1.94. The monoisotopic (exact) mass is 269 g/mol. The molecule has 1 aromatic rings. The van der Waals surface area contributed by atoms with Crippen molar-refractivity contribution in [2.45, 2.75) is 24.5 Å². The van der Waals surface area contributed by atoms with Crippen LogP contribution in [0.2, 0.25) is 0 Å². The van der Waals surface area contributed by atoms with Gasteiger partial charge in [-0.15, -0.1) is 0 Å². The van der Waals surface area contributed by atoms with Crippen molar-refractivity contribution in [1.82, 2.24) is 9.55 Å². The second-order valence-corrected chi connectivity index (χ2v) is 3.95. The molecule has 0 amide bonds. The van der Waals surface area contributed by atoms with E-state index < -0.39 is 42.3 Å². The predicted molar refractivity (Wildman–Crippen MR) is 61.3 cm³/mol. The maximum absolute atomic E-state index is 11.6. The van der Waals surface area contributed by atoms with Crippen molar-refractivity contribution in [1.29, 1.82) is 0 Å². The molecule has 2 heterocycles. The van der Waals surface area contributed by atoms with Gasteiger partial charge in [0.15, 0.2) is 6.23 Å². The number of hydrogen-bond acceptors (Lipinski definition) is 6. The van der Waals surface area contributed by atoms with Gasteiger partial charge in [-0.1, -0.05) is 5.11 Å². The first-order valence-corrected chi connectivity index (χ1v) is 5.38. The van der Waals surface area contributed by atoms with Gasteiger partial charge in [-0.25, -0.2) is 4.79 Å². The molecule has 1 aromatic heterocycles.